The number of hydrogen-bond donors (Lipinski definition) is 1. The Morgan fingerprint density at radius 3 is 2.57 bits per heavy atom. The number of aliphatic carboxylic acids is 1. The zero-order chi connectivity index (χ0) is 10.6. The highest BCUT2D eigenvalue weighted by Gasteiger charge is 2.04. The van der Waals surface area contributed by atoms with Gasteiger partial charge in [-0.2, -0.15) is 0 Å². The van der Waals surface area contributed by atoms with Crippen molar-refractivity contribution in [3.8, 4) is 0 Å². The van der Waals surface area contributed by atoms with Crippen molar-refractivity contribution in [3.05, 3.63) is 18.2 Å². The average molecular weight is 195 g/mol. The molecule has 0 aromatic carbocycles. The van der Waals surface area contributed by atoms with E-state index in [1.165, 1.54) is 0 Å². The van der Waals surface area contributed by atoms with Crippen LogP contribution in [-0.4, -0.2) is 34.6 Å². The summed E-state index contributed by atoms with van der Waals surface area (Å²) in [7, 11) is 1.82. The molecule has 0 bridgehead atoms. The molecule has 14 heavy (non-hydrogen) atoms. The molecule has 1 rings (SSSR count). The molecular weight excluding hydrogens is 182 g/mol. The van der Waals surface area contributed by atoms with Crippen LogP contribution < -0.4 is 4.90 Å². The first-order valence-corrected chi connectivity index (χ1v) is 4.31. The van der Waals surface area contributed by atoms with E-state index in [0.717, 1.165) is 5.69 Å². The van der Waals surface area contributed by atoms with E-state index in [4.69, 9.17) is 5.11 Å². The normalized spacial score (nSPS) is 9.86. The van der Waals surface area contributed by atoms with E-state index < -0.39 is 5.97 Å². The van der Waals surface area contributed by atoms with Crippen LogP contribution in [0.1, 0.15) is 12.2 Å². The van der Waals surface area contributed by atoms with Crippen molar-refractivity contribution in [2.75, 3.05) is 18.5 Å². The second-order valence-corrected chi connectivity index (χ2v) is 3.05. The van der Waals surface area contributed by atoms with Gasteiger partial charge >= 0.3 is 5.97 Å². The van der Waals surface area contributed by atoms with Gasteiger partial charge in [-0.1, -0.05) is 0 Å². The summed E-state index contributed by atoms with van der Waals surface area (Å²) in [6, 6.07) is 0. The van der Waals surface area contributed by atoms with Crippen LogP contribution in [0, 0.1) is 6.92 Å². The third-order valence-electron chi connectivity index (χ3n) is 1.87. The highest BCUT2D eigenvalue weighted by molar-refractivity contribution is 5.67. The summed E-state index contributed by atoms with van der Waals surface area (Å²) >= 11 is 0. The van der Waals surface area contributed by atoms with Crippen molar-refractivity contribution in [2.24, 2.45) is 0 Å². The maximum atomic E-state index is 10.3. The van der Waals surface area contributed by atoms with Gasteiger partial charge < -0.3 is 10.0 Å². The van der Waals surface area contributed by atoms with Crippen LogP contribution in [0.4, 0.5) is 5.69 Å². The first-order valence-electron chi connectivity index (χ1n) is 4.31. The molecule has 0 aliphatic heterocycles. The number of hydrogen-bond acceptors (Lipinski definition) is 4. The molecule has 0 amide bonds. The molecule has 0 aliphatic rings. The Bertz CT molecular complexity index is 310. The quantitative estimate of drug-likeness (QED) is 0.765. The molecule has 0 fully saturated rings. The molecule has 1 aromatic heterocycles. The zero-order valence-corrected chi connectivity index (χ0v) is 8.27. The SMILES string of the molecule is Cc1ncc(N(C)CCC(=O)O)cn1. The Labute approximate surface area is 82.4 Å². The predicted octanol–water partition coefficient (Wildman–Crippen LogP) is 0.696. The zero-order valence-electron chi connectivity index (χ0n) is 8.27. The smallest absolute Gasteiger partial charge is 0.305 e. The molecule has 0 radical (unpaired) electrons. The van der Waals surface area contributed by atoms with E-state index in [2.05, 4.69) is 9.97 Å². The van der Waals surface area contributed by atoms with Crippen LogP contribution in [-0.2, 0) is 4.79 Å². The fraction of sp³-hybridized carbons (Fsp3) is 0.444. The first kappa shape index (κ1) is 10.4. The molecule has 5 heteroatoms. The summed E-state index contributed by atoms with van der Waals surface area (Å²) in [5.41, 5.74) is 0.830. The second kappa shape index (κ2) is 4.55. The third-order valence-corrected chi connectivity index (χ3v) is 1.87. The van der Waals surface area contributed by atoms with Crippen LogP contribution in [0.25, 0.3) is 0 Å². The maximum Gasteiger partial charge on any atom is 0.305 e. The molecule has 1 N–H and O–H groups in total. The monoisotopic (exact) mass is 195 g/mol. The summed E-state index contributed by atoms with van der Waals surface area (Å²) in [5.74, 6) is -0.0923. The largest absolute Gasteiger partial charge is 0.481 e. The van der Waals surface area contributed by atoms with Gasteiger partial charge in [-0.25, -0.2) is 9.97 Å². The van der Waals surface area contributed by atoms with E-state index in [9.17, 15) is 4.79 Å². The van der Waals surface area contributed by atoms with Gasteiger partial charge in [-0.05, 0) is 6.92 Å². The van der Waals surface area contributed by atoms with Crippen LogP contribution >= 0.6 is 0 Å². The van der Waals surface area contributed by atoms with Gasteiger partial charge in [-0.3, -0.25) is 4.79 Å². The molecule has 0 saturated carbocycles. The summed E-state index contributed by atoms with van der Waals surface area (Å²) < 4.78 is 0. The summed E-state index contributed by atoms with van der Waals surface area (Å²) in [6.07, 6.45) is 3.48. The Morgan fingerprint density at radius 1 is 1.50 bits per heavy atom. The lowest BCUT2D eigenvalue weighted by molar-refractivity contribution is -0.136. The third kappa shape index (κ3) is 3.01. The van der Waals surface area contributed by atoms with Crippen molar-refractivity contribution in [3.63, 3.8) is 0 Å². The fourth-order valence-corrected chi connectivity index (χ4v) is 0.975. The molecule has 0 spiro atoms. The minimum absolute atomic E-state index is 0.115. The Hall–Kier alpha value is -1.65. The van der Waals surface area contributed by atoms with E-state index in [1.54, 1.807) is 19.3 Å². The lowest BCUT2D eigenvalue weighted by Crippen LogP contribution is -2.21. The summed E-state index contributed by atoms with van der Waals surface area (Å²) in [4.78, 5) is 20.2. The molecule has 1 aromatic rings. The number of carboxylic acids is 1. The van der Waals surface area contributed by atoms with Crippen molar-refractivity contribution < 1.29 is 9.90 Å². The molecule has 1 heterocycles. The standard InChI is InChI=1S/C9H13N3O2/c1-7-10-5-8(6-11-7)12(2)4-3-9(13)14/h5-6H,3-4H2,1-2H3,(H,13,14). The van der Waals surface area contributed by atoms with E-state index in [1.807, 2.05) is 11.9 Å². The van der Waals surface area contributed by atoms with Crippen molar-refractivity contribution in [1.29, 1.82) is 0 Å². The van der Waals surface area contributed by atoms with Crippen molar-refractivity contribution in [1.82, 2.24) is 9.97 Å². The minimum atomic E-state index is -0.801. The molecular formula is C9H13N3O2. The molecule has 0 saturated heterocycles. The lowest BCUT2D eigenvalue weighted by Gasteiger charge is -2.16. The number of aromatic nitrogens is 2. The molecule has 0 unspecified atom stereocenters. The number of anilines is 1. The van der Waals surface area contributed by atoms with E-state index in [-0.39, 0.29) is 6.42 Å². The van der Waals surface area contributed by atoms with Gasteiger partial charge in [0.15, 0.2) is 0 Å². The average Bonchev–Trinajstić information content (AvgIpc) is 2.15. The predicted molar refractivity (Wildman–Crippen MR) is 52.3 cm³/mol. The highest BCUT2D eigenvalue weighted by Crippen LogP contribution is 2.08. The molecule has 0 atom stereocenters. The minimum Gasteiger partial charge on any atom is -0.481 e. The number of nitrogens with zero attached hydrogens (tertiary/aromatic N) is 3. The number of carboxylic acid groups (broad SMARTS) is 1. The topological polar surface area (TPSA) is 66.3 Å². The summed E-state index contributed by atoms with van der Waals surface area (Å²) in [6.45, 7) is 2.27. The fourth-order valence-electron chi connectivity index (χ4n) is 0.975. The van der Waals surface area contributed by atoms with E-state index in [0.29, 0.717) is 12.4 Å². The number of aryl methyl sites for hydroxylation is 1. The van der Waals surface area contributed by atoms with Gasteiger partial charge in [0.1, 0.15) is 5.82 Å². The van der Waals surface area contributed by atoms with Gasteiger partial charge in [0.05, 0.1) is 24.5 Å². The van der Waals surface area contributed by atoms with Gasteiger partial charge in [0.2, 0.25) is 0 Å². The van der Waals surface area contributed by atoms with Crippen LogP contribution in [0.3, 0.4) is 0 Å². The van der Waals surface area contributed by atoms with Crippen LogP contribution in [0.15, 0.2) is 12.4 Å². The van der Waals surface area contributed by atoms with E-state index >= 15 is 0 Å². The van der Waals surface area contributed by atoms with Crippen LogP contribution in [0.5, 0.6) is 0 Å². The first-order chi connectivity index (χ1) is 6.59. The van der Waals surface area contributed by atoms with Crippen LogP contribution in [0.2, 0.25) is 0 Å². The second-order valence-electron chi connectivity index (χ2n) is 3.05. The van der Waals surface area contributed by atoms with Gasteiger partial charge in [0, 0.05) is 13.6 Å². The number of rotatable bonds is 4. The Kier molecular flexibility index (Phi) is 3.39. The Balaban J connectivity index is 2.56. The number of carbonyl (C=O) groups is 1. The highest BCUT2D eigenvalue weighted by atomic mass is 16.4. The lowest BCUT2D eigenvalue weighted by atomic mass is 10.3. The molecule has 76 valence electrons. The van der Waals surface area contributed by atoms with Crippen molar-refractivity contribution in [2.45, 2.75) is 13.3 Å². The van der Waals surface area contributed by atoms with Crippen molar-refractivity contribution >= 4 is 11.7 Å². The molecule has 5 nitrogen and oxygen atoms in total. The maximum absolute atomic E-state index is 10.3. The van der Waals surface area contributed by atoms with Gasteiger partial charge in [-0.15, -0.1) is 0 Å². The summed E-state index contributed by atoms with van der Waals surface area (Å²) in [5, 5.41) is 8.50. The molecule has 0 aliphatic carbocycles. The van der Waals surface area contributed by atoms with Gasteiger partial charge in [0.25, 0.3) is 0 Å². The Morgan fingerprint density at radius 2 is 2.07 bits per heavy atom.